The van der Waals surface area contributed by atoms with Gasteiger partial charge in [0.25, 0.3) is 5.91 Å². The Hall–Kier alpha value is -0.610. The van der Waals surface area contributed by atoms with Crippen LogP contribution in [0.15, 0.2) is 0 Å². The Labute approximate surface area is 105 Å². The quantitative estimate of drug-likeness (QED) is 0.788. The van der Waals surface area contributed by atoms with Crippen molar-refractivity contribution in [2.75, 3.05) is 13.1 Å². The Morgan fingerprint density at radius 3 is 1.94 bits per heavy atom. The third kappa shape index (κ3) is 3.19. The van der Waals surface area contributed by atoms with Gasteiger partial charge in [0.2, 0.25) is 0 Å². The highest BCUT2D eigenvalue weighted by atomic mass is 16.3. The van der Waals surface area contributed by atoms with Gasteiger partial charge in [-0.2, -0.15) is 0 Å². The summed E-state index contributed by atoms with van der Waals surface area (Å²) in [5.74, 6) is -0.167. The summed E-state index contributed by atoms with van der Waals surface area (Å²) < 4.78 is 0. The SMILES string of the molecule is CC(C)N1[C@H](C)CN(C(=O)C(C)(C)O)C[C@@H]1C. The molecule has 0 aromatic heterocycles. The molecule has 17 heavy (non-hydrogen) atoms. The van der Waals surface area contributed by atoms with Crippen molar-refractivity contribution in [2.24, 2.45) is 0 Å². The van der Waals surface area contributed by atoms with Gasteiger partial charge in [-0.1, -0.05) is 0 Å². The molecule has 4 heteroatoms. The van der Waals surface area contributed by atoms with Crippen LogP contribution in [0.25, 0.3) is 0 Å². The minimum absolute atomic E-state index is 0.167. The van der Waals surface area contributed by atoms with Crippen LogP contribution in [0.2, 0.25) is 0 Å². The molecule has 1 fully saturated rings. The van der Waals surface area contributed by atoms with Gasteiger partial charge >= 0.3 is 0 Å². The number of hydrogen-bond acceptors (Lipinski definition) is 3. The minimum Gasteiger partial charge on any atom is -0.381 e. The van der Waals surface area contributed by atoms with Crippen LogP contribution in [0.1, 0.15) is 41.5 Å². The molecule has 0 saturated carbocycles. The molecule has 0 aromatic carbocycles. The zero-order valence-electron chi connectivity index (χ0n) is 11.9. The third-order valence-corrected chi connectivity index (χ3v) is 3.39. The zero-order chi connectivity index (χ0) is 13.4. The molecule has 0 unspecified atom stereocenters. The molecule has 0 bridgehead atoms. The number of carbonyl (C=O) groups excluding carboxylic acids is 1. The van der Waals surface area contributed by atoms with Gasteiger partial charge in [0.1, 0.15) is 5.60 Å². The molecular weight excluding hydrogens is 216 g/mol. The molecule has 0 spiro atoms. The summed E-state index contributed by atoms with van der Waals surface area (Å²) in [5.41, 5.74) is -1.26. The number of aliphatic hydroxyl groups is 1. The number of carbonyl (C=O) groups is 1. The first kappa shape index (κ1) is 14.5. The Kier molecular flexibility index (Phi) is 4.20. The summed E-state index contributed by atoms with van der Waals surface area (Å²) >= 11 is 0. The van der Waals surface area contributed by atoms with Crippen LogP contribution in [0, 0.1) is 0 Å². The van der Waals surface area contributed by atoms with Crippen molar-refractivity contribution in [1.29, 1.82) is 0 Å². The summed E-state index contributed by atoms with van der Waals surface area (Å²) in [7, 11) is 0. The van der Waals surface area contributed by atoms with E-state index in [1.807, 2.05) is 0 Å². The Morgan fingerprint density at radius 1 is 1.24 bits per heavy atom. The zero-order valence-corrected chi connectivity index (χ0v) is 11.9. The van der Waals surface area contributed by atoms with E-state index in [0.29, 0.717) is 31.2 Å². The van der Waals surface area contributed by atoms with Crippen LogP contribution in [-0.4, -0.2) is 57.6 Å². The van der Waals surface area contributed by atoms with E-state index in [-0.39, 0.29) is 5.91 Å². The number of nitrogens with zero attached hydrogens (tertiary/aromatic N) is 2. The summed E-state index contributed by atoms with van der Waals surface area (Å²) in [6.45, 7) is 13.2. The topological polar surface area (TPSA) is 43.8 Å². The first-order valence-corrected chi connectivity index (χ1v) is 6.43. The average molecular weight is 242 g/mol. The highest BCUT2D eigenvalue weighted by molar-refractivity contribution is 5.84. The van der Waals surface area contributed by atoms with Crippen molar-refractivity contribution in [2.45, 2.75) is 65.3 Å². The number of hydrogen-bond donors (Lipinski definition) is 1. The number of amides is 1. The van der Waals surface area contributed by atoms with Gasteiger partial charge in [-0.3, -0.25) is 9.69 Å². The normalized spacial score (nSPS) is 27.6. The van der Waals surface area contributed by atoms with Gasteiger partial charge in [-0.05, 0) is 41.5 Å². The fourth-order valence-electron chi connectivity index (χ4n) is 2.91. The van der Waals surface area contributed by atoms with Crippen LogP contribution in [0.3, 0.4) is 0 Å². The van der Waals surface area contributed by atoms with E-state index in [2.05, 4.69) is 32.6 Å². The highest BCUT2D eigenvalue weighted by Crippen LogP contribution is 2.20. The van der Waals surface area contributed by atoms with E-state index in [9.17, 15) is 9.90 Å². The number of piperazine rings is 1. The fraction of sp³-hybridized carbons (Fsp3) is 0.923. The van der Waals surface area contributed by atoms with Crippen molar-refractivity contribution in [1.82, 2.24) is 9.80 Å². The monoisotopic (exact) mass is 242 g/mol. The second kappa shape index (κ2) is 4.94. The fourth-order valence-corrected chi connectivity index (χ4v) is 2.91. The summed E-state index contributed by atoms with van der Waals surface area (Å²) in [6, 6.07) is 1.16. The smallest absolute Gasteiger partial charge is 0.254 e. The predicted octanol–water partition coefficient (Wildman–Crippen LogP) is 1.09. The second-order valence-electron chi connectivity index (χ2n) is 6.01. The van der Waals surface area contributed by atoms with Crippen LogP contribution < -0.4 is 0 Å². The molecular formula is C13H26N2O2. The summed E-state index contributed by atoms with van der Waals surface area (Å²) in [5, 5.41) is 9.78. The highest BCUT2D eigenvalue weighted by Gasteiger charge is 2.37. The largest absolute Gasteiger partial charge is 0.381 e. The lowest BCUT2D eigenvalue weighted by atomic mass is 10.0. The minimum atomic E-state index is -1.26. The molecule has 1 N–H and O–H groups in total. The molecule has 0 radical (unpaired) electrons. The van der Waals surface area contributed by atoms with Crippen LogP contribution in [0.5, 0.6) is 0 Å². The lowest BCUT2D eigenvalue weighted by molar-refractivity contribution is -0.152. The van der Waals surface area contributed by atoms with Crippen LogP contribution in [0.4, 0.5) is 0 Å². The molecule has 1 heterocycles. The molecule has 1 amide bonds. The second-order valence-corrected chi connectivity index (χ2v) is 6.01. The Morgan fingerprint density at radius 2 is 1.65 bits per heavy atom. The number of rotatable bonds is 2. The predicted molar refractivity (Wildman–Crippen MR) is 68.8 cm³/mol. The van der Waals surface area contributed by atoms with Crippen LogP contribution >= 0.6 is 0 Å². The van der Waals surface area contributed by atoms with Crippen molar-refractivity contribution < 1.29 is 9.90 Å². The standard InChI is InChI=1S/C13H26N2O2/c1-9(2)15-10(3)7-14(8-11(15)4)12(16)13(5,6)17/h9-11,17H,7-8H2,1-6H3/t10-,11+. The lowest BCUT2D eigenvalue weighted by Crippen LogP contribution is -2.62. The molecule has 0 aliphatic carbocycles. The van der Waals surface area contributed by atoms with E-state index in [4.69, 9.17) is 0 Å². The Balaban J connectivity index is 2.76. The van der Waals surface area contributed by atoms with Gasteiger partial charge in [0, 0.05) is 31.2 Å². The molecule has 1 aliphatic heterocycles. The summed E-state index contributed by atoms with van der Waals surface area (Å²) in [6.07, 6.45) is 0. The van der Waals surface area contributed by atoms with Gasteiger partial charge < -0.3 is 10.0 Å². The third-order valence-electron chi connectivity index (χ3n) is 3.39. The van der Waals surface area contributed by atoms with E-state index >= 15 is 0 Å². The maximum atomic E-state index is 12.0. The van der Waals surface area contributed by atoms with Gasteiger partial charge in [-0.25, -0.2) is 0 Å². The Bertz CT molecular complexity index is 272. The van der Waals surface area contributed by atoms with Crippen molar-refractivity contribution >= 4 is 5.91 Å². The first-order valence-electron chi connectivity index (χ1n) is 6.43. The molecule has 100 valence electrons. The lowest BCUT2D eigenvalue weighted by Gasteiger charge is -2.47. The van der Waals surface area contributed by atoms with Crippen LogP contribution in [-0.2, 0) is 4.79 Å². The van der Waals surface area contributed by atoms with E-state index < -0.39 is 5.60 Å². The van der Waals surface area contributed by atoms with Crippen molar-refractivity contribution in [3.05, 3.63) is 0 Å². The van der Waals surface area contributed by atoms with E-state index in [1.165, 1.54) is 0 Å². The molecule has 1 rings (SSSR count). The van der Waals surface area contributed by atoms with E-state index in [0.717, 1.165) is 0 Å². The average Bonchev–Trinajstić information content (AvgIpc) is 2.13. The van der Waals surface area contributed by atoms with Gasteiger partial charge in [0.05, 0.1) is 0 Å². The molecule has 1 saturated heterocycles. The van der Waals surface area contributed by atoms with Gasteiger partial charge in [0.15, 0.2) is 0 Å². The summed E-state index contributed by atoms with van der Waals surface area (Å²) in [4.78, 5) is 16.3. The molecule has 0 aromatic rings. The maximum absolute atomic E-state index is 12.0. The van der Waals surface area contributed by atoms with Crippen molar-refractivity contribution in [3.63, 3.8) is 0 Å². The van der Waals surface area contributed by atoms with E-state index in [1.54, 1.807) is 18.7 Å². The molecule has 1 aliphatic rings. The van der Waals surface area contributed by atoms with Crippen molar-refractivity contribution in [3.8, 4) is 0 Å². The molecule has 2 atom stereocenters. The molecule has 4 nitrogen and oxygen atoms in total. The maximum Gasteiger partial charge on any atom is 0.254 e. The first-order chi connectivity index (χ1) is 7.64. The van der Waals surface area contributed by atoms with Gasteiger partial charge in [-0.15, -0.1) is 0 Å².